The molecule has 172 valence electrons. The summed E-state index contributed by atoms with van der Waals surface area (Å²) in [6.45, 7) is 7.79. The van der Waals surface area contributed by atoms with E-state index in [4.69, 9.17) is 11.6 Å². The van der Waals surface area contributed by atoms with Crippen LogP contribution < -0.4 is 0 Å². The van der Waals surface area contributed by atoms with Crippen LogP contribution in [0.25, 0.3) is 0 Å². The van der Waals surface area contributed by atoms with E-state index in [9.17, 15) is 9.59 Å². The van der Waals surface area contributed by atoms with E-state index in [-0.39, 0.29) is 23.9 Å². The topological polar surface area (TPSA) is 43.9 Å². The van der Waals surface area contributed by atoms with Crippen molar-refractivity contribution in [3.63, 3.8) is 0 Å². The number of benzene rings is 1. The molecule has 0 saturated carbocycles. The molecule has 0 aliphatic carbocycles. The Morgan fingerprint density at radius 3 is 2.38 bits per heavy atom. The fraction of sp³-hybridized carbons (Fsp3) is 0.520. The summed E-state index contributed by atoms with van der Waals surface area (Å²) < 4.78 is 0. The molecule has 4 rings (SSSR count). The van der Waals surface area contributed by atoms with Crippen LogP contribution in [0.15, 0.2) is 41.1 Å². The highest BCUT2D eigenvalue weighted by Crippen LogP contribution is 2.33. The molecule has 32 heavy (non-hydrogen) atoms. The Kier molecular flexibility index (Phi) is 7.54. The summed E-state index contributed by atoms with van der Waals surface area (Å²) in [5.41, 5.74) is 2.53. The molecule has 0 radical (unpaired) electrons. The van der Waals surface area contributed by atoms with Gasteiger partial charge in [0.25, 0.3) is 0 Å². The molecule has 2 aliphatic rings. The van der Waals surface area contributed by atoms with Crippen molar-refractivity contribution in [2.75, 3.05) is 32.7 Å². The van der Waals surface area contributed by atoms with Crippen LogP contribution in [0.2, 0.25) is 5.02 Å². The molecule has 2 aromatic rings. The van der Waals surface area contributed by atoms with Crippen LogP contribution in [-0.2, 0) is 9.59 Å². The van der Waals surface area contributed by atoms with Crippen LogP contribution in [0.5, 0.6) is 0 Å². The van der Waals surface area contributed by atoms with Crippen LogP contribution in [0.3, 0.4) is 0 Å². The van der Waals surface area contributed by atoms with Crippen molar-refractivity contribution in [1.82, 2.24) is 14.7 Å². The lowest BCUT2D eigenvalue weighted by atomic mass is 9.92. The molecular formula is C25H32ClN3O2S. The van der Waals surface area contributed by atoms with E-state index in [1.807, 2.05) is 17.0 Å². The predicted octanol–water partition coefficient (Wildman–Crippen LogP) is 4.67. The molecule has 2 unspecified atom stereocenters. The van der Waals surface area contributed by atoms with Gasteiger partial charge in [0.05, 0.1) is 6.04 Å². The van der Waals surface area contributed by atoms with Gasteiger partial charge in [0.1, 0.15) is 0 Å². The molecule has 2 atom stereocenters. The Labute approximate surface area is 199 Å². The molecule has 1 aromatic heterocycles. The maximum absolute atomic E-state index is 13.1. The van der Waals surface area contributed by atoms with Gasteiger partial charge in [-0.05, 0) is 65.8 Å². The number of hydrogen-bond donors (Lipinski definition) is 0. The smallest absolute Gasteiger partial charge is 0.223 e. The first-order chi connectivity index (χ1) is 15.4. The average molecular weight is 474 g/mol. The highest BCUT2D eigenvalue weighted by molar-refractivity contribution is 7.08. The third-order valence-electron chi connectivity index (χ3n) is 6.91. The Morgan fingerprint density at radius 1 is 1.06 bits per heavy atom. The number of piperidine rings is 1. The van der Waals surface area contributed by atoms with Crippen LogP contribution in [0.4, 0.5) is 0 Å². The third-order valence-corrected chi connectivity index (χ3v) is 7.87. The second kappa shape index (κ2) is 10.4. The zero-order valence-corrected chi connectivity index (χ0v) is 20.4. The van der Waals surface area contributed by atoms with Gasteiger partial charge in [0.2, 0.25) is 11.8 Å². The molecule has 5 nitrogen and oxygen atoms in total. The van der Waals surface area contributed by atoms with E-state index in [1.54, 1.807) is 18.3 Å². The first kappa shape index (κ1) is 23.3. The zero-order chi connectivity index (χ0) is 22.7. The Hall–Kier alpha value is -1.89. The maximum atomic E-state index is 13.1. The van der Waals surface area contributed by atoms with Gasteiger partial charge in [-0.15, -0.1) is 0 Å². The van der Waals surface area contributed by atoms with Crippen LogP contribution in [0, 0.1) is 5.92 Å². The minimum absolute atomic E-state index is 0.139. The van der Waals surface area contributed by atoms with Gasteiger partial charge in [-0.25, -0.2) is 0 Å². The number of hydrogen-bond acceptors (Lipinski definition) is 4. The molecule has 2 aliphatic heterocycles. The third kappa shape index (κ3) is 5.36. The molecular weight excluding hydrogens is 442 g/mol. The van der Waals surface area contributed by atoms with Crippen molar-refractivity contribution < 1.29 is 9.59 Å². The van der Waals surface area contributed by atoms with Crippen molar-refractivity contribution in [2.45, 2.75) is 45.2 Å². The molecule has 3 heterocycles. The normalized spacial score (nSPS) is 21.5. The summed E-state index contributed by atoms with van der Waals surface area (Å²) in [6.07, 6.45) is 2.45. The van der Waals surface area contributed by atoms with Crippen molar-refractivity contribution in [3.05, 3.63) is 57.2 Å². The number of amides is 2. The summed E-state index contributed by atoms with van der Waals surface area (Å²) in [6, 6.07) is 10.7. The number of likely N-dealkylation sites (tertiary alicyclic amines) is 1. The summed E-state index contributed by atoms with van der Waals surface area (Å²) in [5, 5.41) is 5.09. The van der Waals surface area contributed by atoms with E-state index in [2.05, 4.69) is 45.7 Å². The number of halogens is 1. The quantitative estimate of drug-likeness (QED) is 0.633. The Bertz CT molecular complexity index is 910. The van der Waals surface area contributed by atoms with Gasteiger partial charge < -0.3 is 9.80 Å². The first-order valence-corrected chi connectivity index (χ1v) is 12.8. The van der Waals surface area contributed by atoms with Gasteiger partial charge in [-0.2, -0.15) is 11.3 Å². The van der Waals surface area contributed by atoms with Crippen molar-refractivity contribution in [3.8, 4) is 0 Å². The van der Waals surface area contributed by atoms with Crippen LogP contribution in [-0.4, -0.2) is 65.3 Å². The van der Waals surface area contributed by atoms with Gasteiger partial charge >= 0.3 is 0 Å². The molecule has 0 bridgehead atoms. The highest BCUT2D eigenvalue weighted by atomic mass is 35.5. The van der Waals surface area contributed by atoms with Gasteiger partial charge in [0, 0.05) is 57.1 Å². The molecule has 0 N–H and O–H groups in total. The summed E-state index contributed by atoms with van der Waals surface area (Å²) >= 11 is 7.85. The van der Waals surface area contributed by atoms with Crippen LogP contribution >= 0.6 is 22.9 Å². The number of thiophene rings is 1. The van der Waals surface area contributed by atoms with E-state index in [1.165, 1.54) is 11.1 Å². The molecule has 0 spiro atoms. The fourth-order valence-electron chi connectivity index (χ4n) is 5.10. The predicted molar refractivity (Wildman–Crippen MR) is 130 cm³/mol. The number of carbonyl (C=O) groups excluding carboxylic acids is 2. The number of nitrogens with zero attached hydrogens (tertiary/aromatic N) is 3. The lowest BCUT2D eigenvalue weighted by Crippen LogP contribution is -2.55. The molecule has 1 aromatic carbocycles. The average Bonchev–Trinajstić information content (AvgIpc) is 3.30. The molecule has 2 amide bonds. The lowest BCUT2D eigenvalue weighted by molar-refractivity contribution is -0.137. The minimum atomic E-state index is 0.139. The van der Waals surface area contributed by atoms with Crippen LogP contribution in [0.1, 0.15) is 50.3 Å². The Balaban J connectivity index is 1.39. The second-order valence-corrected chi connectivity index (χ2v) is 10.3. The SMILES string of the molecule is CC(=O)N1CCC(CC(=O)N2CCN(C(c3ccc(Cl)cc3)c3ccsc3)CC2C)CC1. The van der Waals surface area contributed by atoms with E-state index < -0.39 is 0 Å². The highest BCUT2D eigenvalue weighted by Gasteiger charge is 2.33. The number of carbonyl (C=O) groups is 2. The monoisotopic (exact) mass is 473 g/mol. The Morgan fingerprint density at radius 2 is 1.78 bits per heavy atom. The number of rotatable bonds is 5. The maximum Gasteiger partial charge on any atom is 0.223 e. The summed E-state index contributed by atoms with van der Waals surface area (Å²) in [7, 11) is 0. The van der Waals surface area contributed by atoms with Gasteiger partial charge in [-0.3, -0.25) is 14.5 Å². The van der Waals surface area contributed by atoms with Gasteiger partial charge in [-0.1, -0.05) is 23.7 Å². The summed E-state index contributed by atoms with van der Waals surface area (Å²) in [4.78, 5) is 31.1. The second-order valence-electron chi connectivity index (χ2n) is 9.10. The molecule has 7 heteroatoms. The van der Waals surface area contributed by atoms with Gasteiger partial charge in [0.15, 0.2) is 0 Å². The van der Waals surface area contributed by atoms with Crippen molar-refractivity contribution >= 4 is 34.8 Å². The zero-order valence-electron chi connectivity index (χ0n) is 18.9. The van der Waals surface area contributed by atoms with Crippen molar-refractivity contribution in [1.29, 1.82) is 0 Å². The minimum Gasteiger partial charge on any atom is -0.343 e. The first-order valence-electron chi connectivity index (χ1n) is 11.5. The molecule has 2 fully saturated rings. The molecule has 2 saturated heterocycles. The standard InChI is InChI=1S/C25H32ClN3O2S/c1-18-16-28(25(22-9-14-32-17-22)21-3-5-23(26)6-4-21)12-13-29(18)24(31)15-20-7-10-27(11-8-20)19(2)30/h3-6,9,14,17-18,20,25H,7-8,10-13,15-16H2,1-2H3. The number of piperazine rings is 1. The lowest BCUT2D eigenvalue weighted by Gasteiger charge is -2.44. The van der Waals surface area contributed by atoms with E-state index in [0.717, 1.165) is 50.6 Å². The van der Waals surface area contributed by atoms with E-state index in [0.29, 0.717) is 12.3 Å². The summed E-state index contributed by atoms with van der Waals surface area (Å²) in [5.74, 6) is 0.785. The largest absolute Gasteiger partial charge is 0.343 e. The van der Waals surface area contributed by atoms with Crippen molar-refractivity contribution in [2.24, 2.45) is 5.92 Å². The fourth-order valence-corrected chi connectivity index (χ4v) is 5.90. The van der Waals surface area contributed by atoms with E-state index >= 15 is 0 Å².